The predicted octanol–water partition coefficient (Wildman–Crippen LogP) is 6.99. The van der Waals surface area contributed by atoms with Crippen molar-refractivity contribution in [3.05, 3.63) is 123 Å². The molecule has 0 fully saturated rings. The Morgan fingerprint density at radius 1 is 0.854 bits per heavy atom. The van der Waals surface area contributed by atoms with E-state index in [1.807, 2.05) is 24.3 Å². The summed E-state index contributed by atoms with van der Waals surface area (Å²) >= 11 is 13.5. The second kappa shape index (κ2) is 12.1. The van der Waals surface area contributed by atoms with Gasteiger partial charge in [-0.25, -0.2) is 18.6 Å². The van der Waals surface area contributed by atoms with Crippen molar-refractivity contribution in [2.45, 2.75) is 4.90 Å². The largest absolute Gasteiger partial charge is 0.422 e. The van der Waals surface area contributed by atoms with Crippen LogP contribution in [0.5, 0.6) is 5.75 Å². The van der Waals surface area contributed by atoms with E-state index in [0.29, 0.717) is 15.6 Å². The highest BCUT2D eigenvalue weighted by Crippen LogP contribution is 2.36. The fourth-order valence-electron chi connectivity index (χ4n) is 3.78. The fourth-order valence-corrected chi connectivity index (χ4v) is 6.37. The summed E-state index contributed by atoms with van der Waals surface area (Å²) in [4.78, 5) is 26.1. The van der Waals surface area contributed by atoms with E-state index in [1.165, 1.54) is 53.9 Å². The first-order chi connectivity index (χ1) is 19.7. The zero-order chi connectivity index (χ0) is 29.0. The Morgan fingerprint density at radius 3 is 2.32 bits per heavy atom. The number of carbonyl (C=O) groups excluding carboxylic acids is 2. The Bertz CT molecular complexity index is 1910. The SMILES string of the molecule is O=C(N/N=C/c1ccccc1OC(=O)c1sc2ccccc2c1Cl)c1ccccc1NS(=O)(=O)c1ccc(Cl)cc1. The number of nitrogens with one attached hydrogen (secondary N) is 2. The van der Waals surface area contributed by atoms with E-state index in [-0.39, 0.29) is 26.8 Å². The molecular weight excluding hydrogens is 605 g/mol. The van der Waals surface area contributed by atoms with Gasteiger partial charge in [-0.2, -0.15) is 5.10 Å². The van der Waals surface area contributed by atoms with Crippen LogP contribution in [0.15, 0.2) is 107 Å². The van der Waals surface area contributed by atoms with Crippen molar-refractivity contribution >= 4 is 78.4 Å². The topological polar surface area (TPSA) is 114 Å². The summed E-state index contributed by atoms with van der Waals surface area (Å²) in [7, 11) is -3.99. The summed E-state index contributed by atoms with van der Waals surface area (Å²) in [6.45, 7) is 0. The molecule has 0 saturated carbocycles. The lowest BCUT2D eigenvalue weighted by Gasteiger charge is -2.12. The fraction of sp³-hybridized carbons (Fsp3) is 0. The number of ether oxygens (including phenoxy) is 1. The number of amides is 1. The van der Waals surface area contributed by atoms with Gasteiger partial charge in [0.1, 0.15) is 10.6 Å². The Hall–Kier alpha value is -4.22. The lowest BCUT2D eigenvalue weighted by atomic mass is 10.2. The Kier molecular flexibility index (Phi) is 8.36. The first-order valence-corrected chi connectivity index (χ1v) is 15.0. The summed E-state index contributed by atoms with van der Waals surface area (Å²) < 4.78 is 34.5. The van der Waals surface area contributed by atoms with Gasteiger partial charge < -0.3 is 4.74 Å². The molecule has 0 saturated heterocycles. The summed E-state index contributed by atoms with van der Waals surface area (Å²) in [6, 6.07) is 25.7. The molecule has 0 atom stereocenters. The molecule has 12 heteroatoms. The number of para-hydroxylation sites is 2. The number of benzene rings is 4. The number of fused-ring (bicyclic) bond motifs is 1. The molecule has 0 radical (unpaired) electrons. The van der Waals surface area contributed by atoms with Crippen LogP contribution in [0.3, 0.4) is 0 Å². The monoisotopic (exact) mass is 623 g/mol. The number of hydrogen-bond donors (Lipinski definition) is 2. The van der Waals surface area contributed by atoms with E-state index in [0.717, 1.165) is 10.1 Å². The lowest BCUT2D eigenvalue weighted by molar-refractivity contribution is 0.0739. The van der Waals surface area contributed by atoms with Crippen LogP contribution in [0.25, 0.3) is 10.1 Å². The molecule has 1 amide bonds. The minimum absolute atomic E-state index is 0.0155. The van der Waals surface area contributed by atoms with Crippen molar-refractivity contribution in [3.8, 4) is 5.75 Å². The first-order valence-electron chi connectivity index (χ1n) is 11.9. The average molecular weight is 625 g/mol. The molecule has 0 aliphatic heterocycles. The molecule has 206 valence electrons. The van der Waals surface area contributed by atoms with Crippen LogP contribution < -0.4 is 14.9 Å². The molecule has 41 heavy (non-hydrogen) atoms. The molecule has 0 spiro atoms. The van der Waals surface area contributed by atoms with Gasteiger partial charge in [-0.3, -0.25) is 9.52 Å². The number of hydrazone groups is 1. The number of rotatable bonds is 8. The van der Waals surface area contributed by atoms with Crippen molar-refractivity contribution in [2.75, 3.05) is 4.72 Å². The van der Waals surface area contributed by atoms with Gasteiger partial charge in [-0.05, 0) is 54.6 Å². The molecule has 4 aromatic carbocycles. The Balaban J connectivity index is 1.30. The molecular formula is C29H19Cl2N3O5S2. The van der Waals surface area contributed by atoms with Crippen molar-refractivity contribution < 1.29 is 22.7 Å². The molecule has 5 rings (SSSR count). The maximum atomic E-state index is 12.9. The van der Waals surface area contributed by atoms with Crippen LogP contribution in [0.4, 0.5) is 5.69 Å². The lowest BCUT2D eigenvalue weighted by Crippen LogP contribution is -2.21. The van der Waals surface area contributed by atoms with Crippen molar-refractivity contribution in [1.29, 1.82) is 0 Å². The van der Waals surface area contributed by atoms with Gasteiger partial charge in [0.15, 0.2) is 0 Å². The molecule has 0 aliphatic carbocycles. The highest BCUT2D eigenvalue weighted by molar-refractivity contribution is 7.92. The van der Waals surface area contributed by atoms with Gasteiger partial charge >= 0.3 is 5.97 Å². The molecule has 1 aromatic heterocycles. The van der Waals surface area contributed by atoms with Crippen LogP contribution in [0.2, 0.25) is 10.0 Å². The van der Waals surface area contributed by atoms with Gasteiger partial charge in [0.25, 0.3) is 15.9 Å². The van der Waals surface area contributed by atoms with Crippen molar-refractivity contribution in [3.63, 3.8) is 0 Å². The number of halogens is 2. The van der Waals surface area contributed by atoms with Crippen molar-refractivity contribution in [1.82, 2.24) is 5.43 Å². The van der Waals surface area contributed by atoms with E-state index in [2.05, 4.69) is 15.2 Å². The standard InChI is InChI=1S/C29H19Cl2N3O5S2/c30-19-13-15-20(16-14-19)41(37,38)34-23-10-4-2-8-21(23)28(35)33-32-17-18-7-1-5-11-24(18)39-29(36)27-26(31)22-9-3-6-12-25(22)40-27/h1-17,34H,(H,33,35)/b32-17+. The maximum absolute atomic E-state index is 12.9. The molecule has 8 nitrogen and oxygen atoms in total. The number of carbonyl (C=O) groups is 2. The molecule has 0 unspecified atom stereocenters. The molecule has 0 aliphatic rings. The van der Waals surface area contributed by atoms with E-state index < -0.39 is 21.9 Å². The minimum atomic E-state index is -3.99. The van der Waals surface area contributed by atoms with Crippen LogP contribution in [-0.2, 0) is 10.0 Å². The zero-order valence-corrected chi connectivity index (χ0v) is 24.0. The third-order valence-electron chi connectivity index (χ3n) is 5.75. The third kappa shape index (κ3) is 6.41. The first kappa shape index (κ1) is 28.3. The minimum Gasteiger partial charge on any atom is -0.422 e. The van der Waals surface area contributed by atoms with Crippen LogP contribution >= 0.6 is 34.5 Å². The second-order valence-corrected chi connectivity index (χ2v) is 12.0. The predicted molar refractivity (Wildman–Crippen MR) is 162 cm³/mol. The maximum Gasteiger partial charge on any atom is 0.355 e. The second-order valence-electron chi connectivity index (χ2n) is 8.47. The number of hydrogen-bond acceptors (Lipinski definition) is 7. The number of nitrogens with zero attached hydrogens (tertiary/aromatic N) is 1. The van der Waals surface area contributed by atoms with Crippen LogP contribution in [0.1, 0.15) is 25.6 Å². The normalized spacial score (nSPS) is 11.5. The van der Waals surface area contributed by atoms with Crippen LogP contribution in [-0.4, -0.2) is 26.5 Å². The average Bonchev–Trinajstić information content (AvgIpc) is 3.30. The van der Waals surface area contributed by atoms with Gasteiger partial charge in [-0.1, -0.05) is 65.7 Å². The summed E-state index contributed by atoms with van der Waals surface area (Å²) in [6.07, 6.45) is 1.31. The zero-order valence-electron chi connectivity index (χ0n) is 20.9. The molecule has 0 bridgehead atoms. The van der Waals surface area contributed by atoms with E-state index >= 15 is 0 Å². The number of anilines is 1. The third-order valence-corrected chi connectivity index (χ3v) is 9.04. The Morgan fingerprint density at radius 2 is 1.54 bits per heavy atom. The molecule has 2 N–H and O–H groups in total. The quantitative estimate of drug-likeness (QED) is 0.0836. The van der Waals surface area contributed by atoms with Gasteiger partial charge in [0.05, 0.1) is 27.4 Å². The molecule has 5 aromatic rings. The van der Waals surface area contributed by atoms with E-state index in [9.17, 15) is 18.0 Å². The van der Waals surface area contributed by atoms with Gasteiger partial charge in [0.2, 0.25) is 0 Å². The summed E-state index contributed by atoms with van der Waals surface area (Å²) in [5.41, 5.74) is 2.89. The smallest absolute Gasteiger partial charge is 0.355 e. The summed E-state index contributed by atoms with van der Waals surface area (Å²) in [5.74, 6) is -1.08. The van der Waals surface area contributed by atoms with E-state index in [1.54, 1.807) is 36.4 Å². The highest BCUT2D eigenvalue weighted by atomic mass is 35.5. The number of thiophene rings is 1. The van der Waals surface area contributed by atoms with Crippen molar-refractivity contribution in [2.24, 2.45) is 5.10 Å². The van der Waals surface area contributed by atoms with Gasteiger partial charge in [0, 0.05) is 20.7 Å². The number of esters is 1. The summed E-state index contributed by atoms with van der Waals surface area (Å²) in [5, 5.41) is 5.46. The van der Waals surface area contributed by atoms with E-state index in [4.69, 9.17) is 27.9 Å². The highest BCUT2D eigenvalue weighted by Gasteiger charge is 2.21. The number of sulfonamides is 1. The van der Waals surface area contributed by atoms with Crippen LogP contribution in [0, 0.1) is 0 Å². The Labute approximate surface area is 249 Å². The van der Waals surface area contributed by atoms with Gasteiger partial charge in [-0.15, -0.1) is 11.3 Å². The molecule has 1 heterocycles.